The summed E-state index contributed by atoms with van der Waals surface area (Å²) in [6.07, 6.45) is 1.55. The molecule has 33 heavy (non-hydrogen) atoms. The first-order valence-electron chi connectivity index (χ1n) is 9.75. The van der Waals surface area contributed by atoms with Gasteiger partial charge in [0.2, 0.25) is 5.16 Å². The third-order valence-electron chi connectivity index (χ3n) is 4.50. The van der Waals surface area contributed by atoms with Crippen molar-refractivity contribution in [2.45, 2.75) is 11.8 Å². The molecule has 0 bridgehead atoms. The van der Waals surface area contributed by atoms with Gasteiger partial charge in [-0.2, -0.15) is 0 Å². The van der Waals surface area contributed by atoms with Crippen LogP contribution in [0.5, 0.6) is 5.75 Å². The molecule has 0 aliphatic rings. The van der Waals surface area contributed by atoms with E-state index in [1.807, 2.05) is 18.2 Å². The van der Waals surface area contributed by atoms with Crippen molar-refractivity contribution in [3.8, 4) is 17.1 Å². The van der Waals surface area contributed by atoms with E-state index >= 15 is 0 Å². The monoisotopic (exact) mass is 497 g/mol. The number of nitrogens with zero attached hydrogens (tertiary/aromatic N) is 2. The van der Waals surface area contributed by atoms with E-state index in [0.717, 1.165) is 22.9 Å². The highest BCUT2D eigenvalue weighted by molar-refractivity contribution is 8.04. The number of aromatic nitrogens is 3. The van der Waals surface area contributed by atoms with Gasteiger partial charge in [-0.25, -0.2) is 9.78 Å². The number of hydrogen-bond donors (Lipinski definition) is 2. The third-order valence-corrected chi connectivity index (χ3v) is 6.00. The molecular formula is C24H17Cl2N3O3S. The molecule has 0 fully saturated rings. The van der Waals surface area contributed by atoms with Crippen molar-refractivity contribution < 1.29 is 14.6 Å². The van der Waals surface area contributed by atoms with Crippen molar-refractivity contribution in [1.29, 1.82) is 0 Å². The zero-order valence-electron chi connectivity index (χ0n) is 17.0. The molecule has 0 saturated heterocycles. The number of H-pyrrole nitrogens is 1. The lowest BCUT2D eigenvalue weighted by Crippen LogP contribution is -1.98. The number of aromatic amines is 1. The van der Waals surface area contributed by atoms with Crippen LogP contribution in [0.15, 0.2) is 82.9 Å². The van der Waals surface area contributed by atoms with Crippen LogP contribution >= 0.6 is 35.0 Å². The van der Waals surface area contributed by atoms with Gasteiger partial charge in [-0.05, 0) is 65.9 Å². The molecule has 1 aromatic heterocycles. The molecule has 2 N–H and O–H groups in total. The summed E-state index contributed by atoms with van der Waals surface area (Å²) in [4.78, 5) is 16.3. The summed E-state index contributed by atoms with van der Waals surface area (Å²) >= 11 is 13.0. The Hall–Kier alpha value is -3.26. The summed E-state index contributed by atoms with van der Waals surface area (Å²) in [6, 6.07) is 21.7. The Labute approximate surface area is 204 Å². The van der Waals surface area contributed by atoms with Crippen molar-refractivity contribution in [3.05, 3.63) is 98.9 Å². The fourth-order valence-corrected chi connectivity index (χ4v) is 3.91. The first-order valence-corrected chi connectivity index (χ1v) is 11.3. The van der Waals surface area contributed by atoms with Crippen LogP contribution in [0, 0.1) is 0 Å². The van der Waals surface area contributed by atoms with E-state index in [1.54, 1.807) is 60.7 Å². The summed E-state index contributed by atoms with van der Waals surface area (Å²) in [5, 5.41) is 18.2. The zero-order valence-corrected chi connectivity index (χ0v) is 19.4. The number of aliphatic carboxylic acids is 1. The molecule has 9 heteroatoms. The van der Waals surface area contributed by atoms with E-state index in [9.17, 15) is 9.90 Å². The number of halogens is 2. The highest BCUT2D eigenvalue weighted by atomic mass is 35.5. The van der Waals surface area contributed by atoms with Crippen LogP contribution in [0.1, 0.15) is 11.1 Å². The van der Waals surface area contributed by atoms with Crippen LogP contribution in [-0.4, -0.2) is 26.3 Å². The average Bonchev–Trinajstić information content (AvgIpc) is 3.27. The van der Waals surface area contributed by atoms with Crippen molar-refractivity contribution in [2.24, 2.45) is 0 Å². The zero-order chi connectivity index (χ0) is 23.2. The molecule has 4 rings (SSSR count). The van der Waals surface area contributed by atoms with Crippen molar-refractivity contribution in [2.75, 3.05) is 0 Å². The molecule has 166 valence electrons. The fraction of sp³-hybridized carbons (Fsp3) is 0.0417. The maximum Gasteiger partial charge on any atom is 0.342 e. The van der Waals surface area contributed by atoms with Gasteiger partial charge in [-0.3, -0.25) is 5.10 Å². The molecule has 0 radical (unpaired) electrons. The van der Waals surface area contributed by atoms with E-state index in [1.165, 1.54) is 0 Å². The van der Waals surface area contributed by atoms with Gasteiger partial charge < -0.3 is 9.84 Å². The summed E-state index contributed by atoms with van der Waals surface area (Å²) in [6.45, 7) is 0.304. The normalized spacial score (nSPS) is 11.4. The summed E-state index contributed by atoms with van der Waals surface area (Å²) < 4.78 is 5.83. The molecule has 0 aliphatic heterocycles. The van der Waals surface area contributed by atoms with Crippen molar-refractivity contribution >= 4 is 47.0 Å². The van der Waals surface area contributed by atoms with Crippen LogP contribution in [0.2, 0.25) is 10.0 Å². The molecule has 6 nitrogen and oxygen atoms in total. The number of thioether (sulfide) groups is 1. The van der Waals surface area contributed by atoms with E-state index < -0.39 is 5.97 Å². The van der Waals surface area contributed by atoms with Gasteiger partial charge in [0.05, 0.1) is 0 Å². The van der Waals surface area contributed by atoms with Crippen LogP contribution in [0.25, 0.3) is 17.5 Å². The van der Waals surface area contributed by atoms with Gasteiger partial charge in [-0.15, -0.1) is 5.10 Å². The summed E-state index contributed by atoms with van der Waals surface area (Å²) in [5.41, 5.74) is 2.33. The number of carbonyl (C=O) groups is 1. The largest absolute Gasteiger partial charge is 0.489 e. The van der Waals surface area contributed by atoms with Crippen molar-refractivity contribution in [3.63, 3.8) is 0 Å². The molecule has 4 aromatic rings. The van der Waals surface area contributed by atoms with E-state index in [2.05, 4.69) is 15.2 Å². The summed E-state index contributed by atoms with van der Waals surface area (Å²) in [7, 11) is 0. The second-order valence-electron chi connectivity index (χ2n) is 6.84. The van der Waals surface area contributed by atoms with Gasteiger partial charge in [0.25, 0.3) is 0 Å². The minimum absolute atomic E-state index is 0.0694. The average molecular weight is 498 g/mol. The molecule has 0 unspecified atom stereocenters. The lowest BCUT2D eigenvalue weighted by atomic mass is 10.2. The predicted octanol–water partition coefficient (Wildman–Crippen LogP) is 6.58. The van der Waals surface area contributed by atoms with Gasteiger partial charge in [0.15, 0.2) is 5.82 Å². The van der Waals surface area contributed by atoms with Crippen LogP contribution in [0.3, 0.4) is 0 Å². The minimum Gasteiger partial charge on any atom is -0.489 e. The third kappa shape index (κ3) is 6.16. The van der Waals surface area contributed by atoms with Gasteiger partial charge >= 0.3 is 5.97 Å². The number of carboxylic acid groups (broad SMARTS) is 1. The molecule has 0 aliphatic carbocycles. The van der Waals surface area contributed by atoms with Crippen LogP contribution in [-0.2, 0) is 11.4 Å². The maximum atomic E-state index is 11.8. The first-order chi connectivity index (χ1) is 16.0. The Bertz CT molecular complexity index is 1310. The minimum atomic E-state index is -1.08. The van der Waals surface area contributed by atoms with Gasteiger partial charge in [0.1, 0.15) is 17.3 Å². The summed E-state index contributed by atoms with van der Waals surface area (Å²) in [5.74, 6) is 0.0374. The lowest BCUT2D eigenvalue weighted by molar-refractivity contribution is -0.131. The van der Waals surface area contributed by atoms with E-state index in [-0.39, 0.29) is 4.91 Å². The van der Waals surface area contributed by atoms with Gasteiger partial charge in [0, 0.05) is 21.2 Å². The smallest absolute Gasteiger partial charge is 0.342 e. The van der Waals surface area contributed by atoms with E-state index in [0.29, 0.717) is 38.9 Å². The molecular weight excluding hydrogens is 481 g/mol. The Kier molecular flexibility index (Phi) is 7.34. The molecule has 0 atom stereocenters. The standard InChI is InChI=1S/C24H17Cl2N3O3S/c25-18-10-8-16(9-11-18)22-27-24(29-28-22)33-21(23(30)31)13-15-4-3-6-19(12-15)32-14-17-5-1-2-7-20(17)26/h1-13H,14H2,(H,30,31)(H,27,28,29)/b21-13-. The highest BCUT2D eigenvalue weighted by Crippen LogP contribution is 2.29. The number of benzene rings is 3. The van der Waals surface area contributed by atoms with E-state index in [4.69, 9.17) is 27.9 Å². The SMILES string of the molecule is O=C(O)/C(=C/c1cccc(OCc2ccccc2Cl)c1)Sc1n[nH]c(-c2ccc(Cl)cc2)n1. The number of carboxylic acids is 1. The molecule has 0 spiro atoms. The lowest BCUT2D eigenvalue weighted by Gasteiger charge is -2.08. The second kappa shape index (κ2) is 10.6. The van der Waals surface area contributed by atoms with Crippen LogP contribution in [0.4, 0.5) is 0 Å². The Morgan fingerprint density at radius 1 is 1.06 bits per heavy atom. The molecule has 0 saturated carbocycles. The van der Waals surface area contributed by atoms with Crippen molar-refractivity contribution in [1.82, 2.24) is 15.2 Å². The number of rotatable bonds is 8. The topological polar surface area (TPSA) is 88.1 Å². The highest BCUT2D eigenvalue weighted by Gasteiger charge is 2.14. The van der Waals surface area contributed by atoms with Crippen LogP contribution < -0.4 is 4.74 Å². The molecule has 1 heterocycles. The number of hydrogen-bond acceptors (Lipinski definition) is 5. The fourth-order valence-electron chi connectivity index (χ4n) is 2.88. The predicted molar refractivity (Wildman–Crippen MR) is 131 cm³/mol. The Morgan fingerprint density at radius 3 is 2.61 bits per heavy atom. The number of nitrogens with one attached hydrogen (secondary N) is 1. The second-order valence-corrected chi connectivity index (χ2v) is 8.69. The Balaban J connectivity index is 1.49. The first kappa shape index (κ1) is 22.9. The molecule has 3 aromatic carbocycles. The van der Waals surface area contributed by atoms with Gasteiger partial charge in [-0.1, -0.05) is 53.5 Å². The maximum absolute atomic E-state index is 11.8. The molecule has 0 amide bonds. The Morgan fingerprint density at radius 2 is 1.85 bits per heavy atom. The number of ether oxygens (including phenoxy) is 1. The quantitative estimate of drug-likeness (QED) is 0.211.